The number of hydrogen-bond donors (Lipinski definition) is 1. The number of methoxy groups -OCH3 is 2. The molecule has 0 aliphatic carbocycles. The Morgan fingerprint density at radius 2 is 2.00 bits per heavy atom. The van der Waals surface area contributed by atoms with Crippen LogP contribution in [0.1, 0.15) is 38.3 Å². The summed E-state index contributed by atoms with van der Waals surface area (Å²) in [5.74, 6) is -0.607. The molecule has 0 spiro atoms. The number of carbonyl (C=O) groups is 2. The van der Waals surface area contributed by atoms with E-state index in [1.54, 1.807) is 23.1 Å². The summed E-state index contributed by atoms with van der Waals surface area (Å²) in [6.45, 7) is 3.78. The predicted octanol–water partition coefficient (Wildman–Crippen LogP) is 2.48. The highest BCUT2D eigenvalue weighted by atomic mass is 16.5. The lowest BCUT2D eigenvalue weighted by atomic mass is 9.83. The Kier molecular flexibility index (Phi) is 5.13. The summed E-state index contributed by atoms with van der Waals surface area (Å²) < 4.78 is 10.8. The van der Waals surface area contributed by atoms with E-state index in [1.807, 2.05) is 13.8 Å². The summed E-state index contributed by atoms with van der Waals surface area (Å²) in [5.41, 5.74) is 0.668. The smallest absolute Gasteiger partial charge is 0.308 e. The minimum Gasteiger partial charge on any atom is -0.493 e. The van der Waals surface area contributed by atoms with E-state index in [0.29, 0.717) is 23.5 Å². The number of piperidine rings is 1. The standard InChI is InChI=1S/C17H23NO5/c1-10(2)18-14(19)9-8-12(17(20)21)15(18)11-6-5-7-13(22-3)16(11)23-4/h5-7,10,12,15H,8-9H2,1-4H3,(H,20,21). The first-order valence-electron chi connectivity index (χ1n) is 7.67. The molecule has 2 atom stereocenters. The molecule has 1 amide bonds. The lowest BCUT2D eigenvalue weighted by molar-refractivity contribution is -0.153. The Labute approximate surface area is 136 Å². The second-order valence-electron chi connectivity index (χ2n) is 5.91. The van der Waals surface area contributed by atoms with E-state index in [4.69, 9.17) is 9.47 Å². The van der Waals surface area contributed by atoms with Crippen molar-refractivity contribution in [3.63, 3.8) is 0 Å². The van der Waals surface area contributed by atoms with E-state index in [2.05, 4.69) is 0 Å². The van der Waals surface area contributed by atoms with Crippen LogP contribution in [0.25, 0.3) is 0 Å². The Morgan fingerprint density at radius 3 is 2.52 bits per heavy atom. The van der Waals surface area contributed by atoms with Crippen LogP contribution in [0.5, 0.6) is 11.5 Å². The van der Waals surface area contributed by atoms with Gasteiger partial charge in [-0.25, -0.2) is 0 Å². The topological polar surface area (TPSA) is 76.1 Å². The number of carbonyl (C=O) groups excluding carboxylic acids is 1. The number of ether oxygens (including phenoxy) is 2. The van der Waals surface area contributed by atoms with Crippen LogP contribution in [-0.2, 0) is 9.59 Å². The third-order valence-corrected chi connectivity index (χ3v) is 4.26. The number of carboxylic acid groups (broad SMARTS) is 1. The SMILES string of the molecule is COc1cccc(C2C(C(=O)O)CCC(=O)N2C(C)C)c1OC. The van der Waals surface area contributed by atoms with Crippen LogP contribution in [-0.4, -0.2) is 42.1 Å². The number of aliphatic carboxylic acids is 1. The molecule has 1 aromatic carbocycles. The predicted molar refractivity (Wildman–Crippen MR) is 84.6 cm³/mol. The van der Waals surface area contributed by atoms with Gasteiger partial charge in [0.15, 0.2) is 11.5 Å². The van der Waals surface area contributed by atoms with Crippen LogP contribution in [0, 0.1) is 5.92 Å². The minimum absolute atomic E-state index is 0.0348. The zero-order valence-corrected chi connectivity index (χ0v) is 13.9. The third kappa shape index (κ3) is 3.11. The molecular formula is C17H23NO5. The fourth-order valence-corrected chi connectivity index (χ4v) is 3.29. The fourth-order valence-electron chi connectivity index (χ4n) is 3.29. The molecule has 126 valence electrons. The summed E-state index contributed by atoms with van der Waals surface area (Å²) in [4.78, 5) is 25.8. The Balaban J connectivity index is 2.62. The number of hydrogen-bond acceptors (Lipinski definition) is 4. The van der Waals surface area contributed by atoms with Crippen molar-refractivity contribution in [3.05, 3.63) is 23.8 Å². The third-order valence-electron chi connectivity index (χ3n) is 4.26. The van der Waals surface area contributed by atoms with Crippen molar-refractivity contribution in [1.29, 1.82) is 0 Å². The zero-order chi connectivity index (χ0) is 17.1. The molecular weight excluding hydrogens is 298 g/mol. The summed E-state index contributed by atoms with van der Waals surface area (Å²) in [5, 5.41) is 9.64. The summed E-state index contributed by atoms with van der Waals surface area (Å²) >= 11 is 0. The number of carboxylic acids is 1. The summed E-state index contributed by atoms with van der Waals surface area (Å²) in [7, 11) is 3.05. The Hall–Kier alpha value is -2.24. The number of para-hydroxylation sites is 1. The van der Waals surface area contributed by atoms with Gasteiger partial charge in [-0.1, -0.05) is 12.1 Å². The number of amides is 1. The first kappa shape index (κ1) is 17.1. The van der Waals surface area contributed by atoms with Gasteiger partial charge in [0.25, 0.3) is 0 Å². The van der Waals surface area contributed by atoms with Crippen molar-refractivity contribution >= 4 is 11.9 Å². The average Bonchev–Trinajstić information content (AvgIpc) is 2.52. The number of rotatable bonds is 5. The van der Waals surface area contributed by atoms with Crippen LogP contribution >= 0.6 is 0 Å². The maximum Gasteiger partial charge on any atom is 0.308 e. The largest absolute Gasteiger partial charge is 0.493 e. The van der Waals surface area contributed by atoms with Crippen molar-refractivity contribution in [3.8, 4) is 11.5 Å². The highest BCUT2D eigenvalue weighted by Crippen LogP contribution is 2.44. The van der Waals surface area contributed by atoms with E-state index < -0.39 is 17.9 Å². The van der Waals surface area contributed by atoms with Gasteiger partial charge in [-0.2, -0.15) is 0 Å². The highest BCUT2D eigenvalue weighted by molar-refractivity contribution is 5.82. The Morgan fingerprint density at radius 1 is 1.30 bits per heavy atom. The van der Waals surface area contributed by atoms with Gasteiger partial charge in [-0.3, -0.25) is 9.59 Å². The summed E-state index contributed by atoms with van der Waals surface area (Å²) in [6, 6.07) is 4.66. The Bertz CT molecular complexity index is 599. The van der Waals surface area contributed by atoms with Gasteiger partial charge < -0.3 is 19.5 Å². The molecule has 1 aromatic rings. The first-order valence-corrected chi connectivity index (χ1v) is 7.67. The van der Waals surface area contributed by atoms with Crippen LogP contribution in [0.3, 0.4) is 0 Å². The molecule has 1 aliphatic rings. The molecule has 23 heavy (non-hydrogen) atoms. The molecule has 2 unspecified atom stereocenters. The molecule has 1 saturated heterocycles. The van der Waals surface area contributed by atoms with E-state index in [0.717, 1.165) is 0 Å². The number of likely N-dealkylation sites (tertiary alicyclic amines) is 1. The maximum absolute atomic E-state index is 12.4. The molecule has 1 fully saturated rings. The van der Waals surface area contributed by atoms with Gasteiger partial charge >= 0.3 is 5.97 Å². The molecule has 2 rings (SSSR count). The van der Waals surface area contributed by atoms with Gasteiger partial charge in [-0.15, -0.1) is 0 Å². The fraction of sp³-hybridized carbons (Fsp3) is 0.529. The van der Waals surface area contributed by atoms with E-state index >= 15 is 0 Å². The summed E-state index contributed by atoms with van der Waals surface area (Å²) in [6.07, 6.45) is 0.570. The minimum atomic E-state index is -0.905. The van der Waals surface area contributed by atoms with Crippen molar-refractivity contribution in [1.82, 2.24) is 4.90 Å². The quantitative estimate of drug-likeness (QED) is 0.901. The van der Waals surface area contributed by atoms with Crippen LogP contribution in [0.15, 0.2) is 18.2 Å². The van der Waals surface area contributed by atoms with Crippen molar-refractivity contribution in [2.24, 2.45) is 5.92 Å². The highest BCUT2D eigenvalue weighted by Gasteiger charge is 2.43. The number of benzene rings is 1. The van der Waals surface area contributed by atoms with Gasteiger partial charge in [0.05, 0.1) is 26.2 Å². The monoisotopic (exact) mass is 321 g/mol. The second-order valence-corrected chi connectivity index (χ2v) is 5.91. The number of nitrogens with zero attached hydrogens (tertiary/aromatic N) is 1. The van der Waals surface area contributed by atoms with Crippen LogP contribution in [0.4, 0.5) is 0 Å². The van der Waals surface area contributed by atoms with Crippen molar-refractivity contribution in [2.75, 3.05) is 14.2 Å². The molecule has 6 heteroatoms. The van der Waals surface area contributed by atoms with Crippen LogP contribution in [0.2, 0.25) is 0 Å². The van der Waals surface area contributed by atoms with E-state index in [9.17, 15) is 14.7 Å². The second kappa shape index (κ2) is 6.89. The van der Waals surface area contributed by atoms with Gasteiger partial charge in [-0.05, 0) is 26.3 Å². The molecule has 6 nitrogen and oxygen atoms in total. The molecule has 0 bridgehead atoms. The first-order chi connectivity index (χ1) is 10.9. The molecule has 0 radical (unpaired) electrons. The molecule has 1 heterocycles. The maximum atomic E-state index is 12.4. The van der Waals surface area contributed by atoms with Crippen molar-refractivity contribution < 1.29 is 24.2 Å². The molecule has 0 aromatic heterocycles. The van der Waals surface area contributed by atoms with Crippen LogP contribution < -0.4 is 9.47 Å². The lowest BCUT2D eigenvalue weighted by Crippen LogP contribution is -2.48. The van der Waals surface area contributed by atoms with Gasteiger partial charge in [0, 0.05) is 18.0 Å². The lowest BCUT2D eigenvalue weighted by Gasteiger charge is -2.42. The zero-order valence-electron chi connectivity index (χ0n) is 13.9. The van der Waals surface area contributed by atoms with Gasteiger partial charge in [0.2, 0.25) is 5.91 Å². The normalized spacial score (nSPS) is 21.4. The van der Waals surface area contributed by atoms with E-state index in [1.165, 1.54) is 14.2 Å². The van der Waals surface area contributed by atoms with Crippen molar-refractivity contribution in [2.45, 2.75) is 38.8 Å². The molecule has 1 N–H and O–H groups in total. The van der Waals surface area contributed by atoms with Gasteiger partial charge in [0.1, 0.15) is 0 Å². The van der Waals surface area contributed by atoms with E-state index in [-0.39, 0.29) is 18.4 Å². The molecule has 0 saturated carbocycles. The average molecular weight is 321 g/mol. The molecule has 1 aliphatic heterocycles.